The Balaban J connectivity index is 2.26. The van der Waals surface area contributed by atoms with Crippen LogP contribution in [-0.4, -0.2) is 45.1 Å². The number of amides is 1. The SMILES string of the molecule is CC1CCN(C(=O)c2ccc([N+](=O)[O-])c(O)c2)C1CO. The summed E-state index contributed by atoms with van der Waals surface area (Å²) in [5.41, 5.74) is -0.254. The molecule has 7 heteroatoms. The van der Waals surface area contributed by atoms with Crippen LogP contribution < -0.4 is 0 Å². The van der Waals surface area contributed by atoms with Crippen LogP contribution >= 0.6 is 0 Å². The molecule has 2 rings (SSSR count). The van der Waals surface area contributed by atoms with Gasteiger partial charge in [0.15, 0.2) is 5.75 Å². The summed E-state index contributed by atoms with van der Waals surface area (Å²) < 4.78 is 0. The van der Waals surface area contributed by atoms with E-state index >= 15 is 0 Å². The summed E-state index contributed by atoms with van der Waals surface area (Å²) in [6.07, 6.45) is 0.802. The average Bonchev–Trinajstić information content (AvgIpc) is 2.78. The van der Waals surface area contributed by atoms with Crippen LogP contribution in [0.4, 0.5) is 5.69 Å². The zero-order chi connectivity index (χ0) is 14.9. The van der Waals surface area contributed by atoms with E-state index in [1.165, 1.54) is 6.07 Å². The molecule has 0 aliphatic carbocycles. The van der Waals surface area contributed by atoms with Crippen molar-refractivity contribution in [3.8, 4) is 5.75 Å². The number of phenols is 1. The van der Waals surface area contributed by atoms with Crippen molar-refractivity contribution in [3.05, 3.63) is 33.9 Å². The lowest BCUT2D eigenvalue weighted by Crippen LogP contribution is -2.39. The molecule has 2 atom stereocenters. The monoisotopic (exact) mass is 280 g/mol. The lowest BCUT2D eigenvalue weighted by molar-refractivity contribution is -0.385. The van der Waals surface area contributed by atoms with E-state index in [2.05, 4.69) is 0 Å². The van der Waals surface area contributed by atoms with Gasteiger partial charge in [-0.15, -0.1) is 0 Å². The van der Waals surface area contributed by atoms with Crippen molar-refractivity contribution in [2.75, 3.05) is 13.2 Å². The van der Waals surface area contributed by atoms with Crippen molar-refractivity contribution >= 4 is 11.6 Å². The van der Waals surface area contributed by atoms with Gasteiger partial charge in [-0.05, 0) is 24.5 Å². The van der Waals surface area contributed by atoms with Gasteiger partial charge in [0, 0.05) is 18.2 Å². The molecule has 0 bridgehead atoms. The van der Waals surface area contributed by atoms with E-state index in [1.807, 2.05) is 6.92 Å². The Morgan fingerprint density at radius 2 is 2.25 bits per heavy atom. The van der Waals surface area contributed by atoms with Gasteiger partial charge in [-0.1, -0.05) is 6.92 Å². The lowest BCUT2D eigenvalue weighted by atomic mass is 10.0. The van der Waals surface area contributed by atoms with Gasteiger partial charge in [0.25, 0.3) is 5.91 Å². The van der Waals surface area contributed by atoms with E-state index < -0.39 is 16.4 Å². The van der Waals surface area contributed by atoms with E-state index in [4.69, 9.17) is 0 Å². The Labute approximate surface area is 115 Å². The van der Waals surface area contributed by atoms with Gasteiger partial charge >= 0.3 is 5.69 Å². The molecule has 1 heterocycles. The highest BCUT2D eigenvalue weighted by Crippen LogP contribution is 2.29. The number of carbonyl (C=O) groups excluding carboxylic acids is 1. The number of hydrogen-bond donors (Lipinski definition) is 2. The maximum atomic E-state index is 12.3. The van der Waals surface area contributed by atoms with Gasteiger partial charge in [-0.2, -0.15) is 0 Å². The zero-order valence-corrected chi connectivity index (χ0v) is 11.0. The number of benzene rings is 1. The molecule has 108 valence electrons. The molecule has 1 saturated heterocycles. The van der Waals surface area contributed by atoms with Gasteiger partial charge in [-0.25, -0.2) is 0 Å². The number of aromatic hydroxyl groups is 1. The Morgan fingerprint density at radius 1 is 1.55 bits per heavy atom. The molecule has 1 aliphatic heterocycles. The number of likely N-dealkylation sites (tertiary alicyclic amines) is 1. The second-order valence-electron chi connectivity index (χ2n) is 4.98. The van der Waals surface area contributed by atoms with Crippen molar-refractivity contribution in [1.29, 1.82) is 0 Å². The van der Waals surface area contributed by atoms with E-state index in [1.54, 1.807) is 4.90 Å². The summed E-state index contributed by atoms with van der Waals surface area (Å²) in [6.45, 7) is 2.37. The molecule has 1 aromatic carbocycles. The number of hydrogen-bond acceptors (Lipinski definition) is 5. The van der Waals surface area contributed by atoms with Crippen LogP contribution in [0.25, 0.3) is 0 Å². The van der Waals surface area contributed by atoms with E-state index in [0.29, 0.717) is 6.54 Å². The third-order valence-electron chi connectivity index (χ3n) is 3.75. The van der Waals surface area contributed by atoms with Gasteiger partial charge in [0.1, 0.15) is 0 Å². The lowest BCUT2D eigenvalue weighted by Gasteiger charge is -2.25. The van der Waals surface area contributed by atoms with Crippen LogP contribution in [0.2, 0.25) is 0 Å². The van der Waals surface area contributed by atoms with Crippen molar-refractivity contribution < 1.29 is 19.9 Å². The third kappa shape index (κ3) is 2.44. The number of nitro benzene ring substituents is 1. The molecule has 1 fully saturated rings. The molecule has 0 aromatic heterocycles. The summed E-state index contributed by atoms with van der Waals surface area (Å²) >= 11 is 0. The highest BCUT2D eigenvalue weighted by Gasteiger charge is 2.34. The summed E-state index contributed by atoms with van der Waals surface area (Å²) in [5.74, 6) is -0.664. The highest BCUT2D eigenvalue weighted by atomic mass is 16.6. The van der Waals surface area contributed by atoms with Gasteiger partial charge in [0.05, 0.1) is 17.6 Å². The Bertz CT molecular complexity index is 546. The largest absolute Gasteiger partial charge is 0.502 e. The summed E-state index contributed by atoms with van der Waals surface area (Å²) in [5, 5.41) is 29.5. The molecule has 1 aromatic rings. The Morgan fingerprint density at radius 3 is 2.80 bits per heavy atom. The topological polar surface area (TPSA) is 104 Å². The van der Waals surface area contributed by atoms with E-state index in [9.17, 15) is 25.1 Å². The third-order valence-corrected chi connectivity index (χ3v) is 3.75. The highest BCUT2D eigenvalue weighted by molar-refractivity contribution is 5.95. The number of aliphatic hydroxyl groups excluding tert-OH is 1. The quantitative estimate of drug-likeness (QED) is 0.638. The molecule has 2 unspecified atom stereocenters. The number of rotatable bonds is 3. The number of aliphatic hydroxyl groups is 1. The van der Waals surface area contributed by atoms with Crippen LogP contribution in [0.5, 0.6) is 5.75 Å². The van der Waals surface area contributed by atoms with Crippen LogP contribution in [-0.2, 0) is 0 Å². The van der Waals surface area contributed by atoms with Crippen molar-refractivity contribution in [1.82, 2.24) is 4.90 Å². The second-order valence-corrected chi connectivity index (χ2v) is 4.98. The number of nitrogens with zero attached hydrogens (tertiary/aromatic N) is 2. The molecular formula is C13H16N2O5. The number of nitro groups is 1. The molecular weight excluding hydrogens is 264 g/mol. The average molecular weight is 280 g/mol. The minimum Gasteiger partial charge on any atom is -0.502 e. The van der Waals surface area contributed by atoms with Gasteiger partial charge < -0.3 is 15.1 Å². The van der Waals surface area contributed by atoms with Gasteiger partial charge in [-0.3, -0.25) is 14.9 Å². The molecule has 20 heavy (non-hydrogen) atoms. The molecule has 7 nitrogen and oxygen atoms in total. The smallest absolute Gasteiger partial charge is 0.310 e. The predicted molar refractivity (Wildman–Crippen MR) is 70.5 cm³/mol. The first-order valence-electron chi connectivity index (χ1n) is 6.35. The fourth-order valence-corrected chi connectivity index (χ4v) is 2.52. The molecule has 0 spiro atoms. The minimum atomic E-state index is -0.710. The Kier molecular flexibility index (Phi) is 3.89. The predicted octanol–water partition coefficient (Wildman–Crippen LogP) is 1.14. The minimum absolute atomic E-state index is 0.119. The first-order valence-corrected chi connectivity index (χ1v) is 6.35. The second kappa shape index (κ2) is 5.46. The maximum absolute atomic E-state index is 12.3. The fraction of sp³-hybridized carbons (Fsp3) is 0.462. The van der Waals surface area contributed by atoms with Crippen molar-refractivity contribution in [3.63, 3.8) is 0 Å². The first kappa shape index (κ1) is 14.3. The first-order chi connectivity index (χ1) is 9.45. The van der Waals surface area contributed by atoms with Crippen LogP contribution in [0.15, 0.2) is 18.2 Å². The van der Waals surface area contributed by atoms with Gasteiger partial charge in [0.2, 0.25) is 0 Å². The van der Waals surface area contributed by atoms with Crippen LogP contribution in [0.3, 0.4) is 0 Å². The number of carbonyl (C=O) groups is 1. The Hall–Kier alpha value is -2.15. The summed E-state index contributed by atoms with van der Waals surface area (Å²) in [7, 11) is 0. The van der Waals surface area contributed by atoms with Crippen molar-refractivity contribution in [2.45, 2.75) is 19.4 Å². The fourth-order valence-electron chi connectivity index (χ4n) is 2.52. The van der Waals surface area contributed by atoms with E-state index in [0.717, 1.165) is 18.6 Å². The molecule has 1 amide bonds. The van der Waals surface area contributed by atoms with E-state index in [-0.39, 0.29) is 30.0 Å². The van der Waals surface area contributed by atoms with Crippen LogP contribution in [0.1, 0.15) is 23.7 Å². The molecule has 0 saturated carbocycles. The molecule has 1 aliphatic rings. The molecule has 2 N–H and O–H groups in total. The van der Waals surface area contributed by atoms with Crippen LogP contribution in [0, 0.1) is 16.0 Å². The standard InChI is InChI=1S/C13H16N2O5/c1-8-4-5-14(11(8)7-16)13(18)9-2-3-10(15(19)20)12(17)6-9/h2-3,6,8,11,16-17H,4-5,7H2,1H3. The summed E-state index contributed by atoms with van der Waals surface area (Å²) in [4.78, 5) is 23.8. The number of phenolic OH excluding ortho intramolecular Hbond substituents is 1. The zero-order valence-electron chi connectivity index (χ0n) is 11.0. The normalized spacial score (nSPS) is 22.0. The maximum Gasteiger partial charge on any atom is 0.310 e. The molecule has 0 radical (unpaired) electrons. The summed E-state index contributed by atoms with van der Waals surface area (Å²) in [6, 6.07) is 3.27. The van der Waals surface area contributed by atoms with Crippen molar-refractivity contribution in [2.24, 2.45) is 5.92 Å².